The Kier molecular flexibility index (Phi) is 3.39. The molecule has 1 rings (SSSR count). The van der Waals surface area contributed by atoms with Crippen LogP contribution < -0.4 is 0 Å². The van der Waals surface area contributed by atoms with E-state index in [4.69, 9.17) is 15.4 Å². The first-order valence-corrected chi connectivity index (χ1v) is 5.93. The van der Waals surface area contributed by atoms with Crippen molar-refractivity contribution in [1.29, 1.82) is 0 Å². The monoisotopic (exact) mass is 208 g/mol. The molecule has 0 aromatic heterocycles. The van der Waals surface area contributed by atoms with Gasteiger partial charge in [0.2, 0.25) is 0 Å². The maximum Gasteiger partial charge on any atom is 0.300 e. The molecular weight excluding hydrogens is 200 g/mol. The fourth-order valence-corrected chi connectivity index (χ4v) is 1.44. The fraction of sp³-hybridized carbons (Fsp3) is 0.714. The quantitative estimate of drug-likeness (QED) is 0.440. The molecule has 3 nitrogen and oxygen atoms in total. The molecular formula is C7H9ClO3S. The lowest BCUT2D eigenvalue weighted by Crippen LogP contribution is -2.14. The van der Waals surface area contributed by atoms with Gasteiger partial charge in [-0.3, -0.25) is 0 Å². The smallest absolute Gasteiger partial charge is 0.300 e. The zero-order valence-electron chi connectivity index (χ0n) is 6.42. The van der Waals surface area contributed by atoms with Gasteiger partial charge in [-0.1, -0.05) is 5.92 Å². The van der Waals surface area contributed by atoms with E-state index in [2.05, 4.69) is 5.92 Å². The summed E-state index contributed by atoms with van der Waals surface area (Å²) < 4.78 is 26.0. The van der Waals surface area contributed by atoms with Crippen molar-refractivity contribution in [3.05, 3.63) is 0 Å². The third-order valence-corrected chi connectivity index (χ3v) is 2.20. The summed E-state index contributed by atoms with van der Waals surface area (Å²) >= 11 is 0. The minimum absolute atomic E-state index is 0.118. The predicted octanol–water partition coefficient (Wildman–Crippen LogP) is 0.943. The summed E-state index contributed by atoms with van der Waals surface area (Å²) in [6.45, 7) is 1.31. The minimum Gasteiger partial charge on any atom is -0.381 e. The topological polar surface area (TPSA) is 43.4 Å². The maximum absolute atomic E-state index is 10.4. The Hall–Kier alpha value is -0.240. The first kappa shape index (κ1) is 9.85. The van der Waals surface area contributed by atoms with Crippen molar-refractivity contribution in [3.63, 3.8) is 0 Å². The molecule has 1 heterocycles. The van der Waals surface area contributed by atoms with Crippen molar-refractivity contribution in [2.45, 2.75) is 12.8 Å². The van der Waals surface area contributed by atoms with Crippen molar-refractivity contribution in [2.24, 2.45) is 5.92 Å². The van der Waals surface area contributed by atoms with E-state index in [1.54, 1.807) is 0 Å². The van der Waals surface area contributed by atoms with Crippen LogP contribution in [-0.2, 0) is 13.8 Å². The summed E-state index contributed by atoms with van der Waals surface area (Å²) in [5, 5.41) is 2.02. The lowest BCUT2D eigenvalue weighted by Gasteiger charge is -2.16. The molecule has 0 radical (unpaired) electrons. The number of hydrogen-bond acceptors (Lipinski definition) is 3. The molecule has 5 heteroatoms. The van der Waals surface area contributed by atoms with Crippen LogP contribution >= 0.6 is 10.7 Å². The molecule has 1 aliphatic rings. The summed E-state index contributed by atoms with van der Waals surface area (Å²) in [7, 11) is 1.27. The van der Waals surface area contributed by atoms with Crippen molar-refractivity contribution >= 4 is 19.7 Å². The zero-order valence-corrected chi connectivity index (χ0v) is 7.99. The van der Waals surface area contributed by atoms with E-state index in [-0.39, 0.29) is 5.92 Å². The van der Waals surface area contributed by atoms with Crippen LogP contribution in [0, 0.1) is 17.1 Å². The normalized spacial score (nSPS) is 19.8. The highest BCUT2D eigenvalue weighted by atomic mass is 35.7. The van der Waals surface area contributed by atoms with Gasteiger partial charge >= 0.3 is 9.05 Å². The molecule has 0 aromatic carbocycles. The predicted molar refractivity (Wildman–Crippen MR) is 46.1 cm³/mol. The largest absolute Gasteiger partial charge is 0.381 e. The molecule has 1 fully saturated rings. The molecule has 0 aliphatic carbocycles. The van der Waals surface area contributed by atoms with E-state index in [0.29, 0.717) is 13.2 Å². The van der Waals surface area contributed by atoms with Crippen LogP contribution in [0.3, 0.4) is 0 Å². The van der Waals surface area contributed by atoms with Gasteiger partial charge in [0.25, 0.3) is 0 Å². The highest BCUT2D eigenvalue weighted by Gasteiger charge is 2.11. The molecule has 1 saturated heterocycles. The molecule has 0 aromatic rings. The Morgan fingerprint density at radius 2 is 1.92 bits per heavy atom. The van der Waals surface area contributed by atoms with Crippen LogP contribution in [0.25, 0.3) is 0 Å². The zero-order chi connectivity index (χ0) is 9.03. The van der Waals surface area contributed by atoms with E-state index in [1.165, 1.54) is 0 Å². The van der Waals surface area contributed by atoms with Crippen molar-refractivity contribution < 1.29 is 13.2 Å². The van der Waals surface area contributed by atoms with Gasteiger partial charge in [0.15, 0.2) is 0 Å². The standard InChI is InChI=1S/C7H9ClO3S/c8-12(9,10)6-3-7-1-4-11-5-2-7/h7H,1-2,4-5H2. The van der Waals surface area contributed by atoms with Crippen molar-refractivity contribution in [3.8, 4) is 11.2 Å². The first-order valence-electron chi connectivity index (χ1n) is 3.62. The van der Waals surface area contributed by atoms with Gasteiger partial charge in [-0.2, -0.15) is 8.42 Å². The van der Waals surface area contributed by atoms with E-state index < -0.39 is 9.05 Å². The summed E-state index contributed by atoms with van der Waals surface area (Å²) in [6, 6.07) is 0. The molecule has 68 valence electrons. The van der Waals surface area contributed by atoms with Gasteiger partial charge in [0.1, 0.15) is 0 Å². The lowest BCUT2D eigenvalue weighted by molar-refractivity contribution is 0.0807. The van der Waals surface area contributed by atoms with Gasteiger partial charge in [0, 0.05) is 35.1 Å². The summed E-state index contributed by atoms with van der Waals surface area (Å²) in [5.41, 5.74) is 0. The third kappa shape index (κ3) is 3.96. The van der Waals surface area contributed by atoms with E-state index in [9.17, 15) is 8.42 Å². The molecule has 0 amide bonds. The van der Waals surface area contributed by atoms with Crippen molar-refractivity contribution in [1.82, 2.24) is 0 Å². The maximum atomic E-state index is 10.4. The van der Waals surface area contributed by atoms with Crippen LogP contribution in [0.2, 0.25) is 0 Å². The Bertz CT molecular complexity index is 292. The first-order chi connectivity index (χ1) is 5.58. The average molecular weight is 209 g/mol. The summed E-state index contributed by atoms with van der Waals surface area (Å²) in [5.74, 6) is 2.73. The van der Waals surface area contributed by atoms with Crippen LogP contribution in [0.5, 0.6) is 0 Å². The van der Waals surface area contributed by atoms with Gasteiger partial charge in [-0.25, -0.2) is 0 Å². The average Bonchev–Trinajstić information content (AvgIpc) is 2.02. The van der Waals surface area contributed by atoms with Gasteiger partial charge in [0.05, 0.1) is 0 Å². The molecule has 0 N–H and O–H groups in total. The second-order valence-electron chi connectivity index (χ2n) is 2.57. The molecule has 0 spiro atoms. The third-order valence-electron chi connectivity index (χ3n) is 1.61. The highest BCUT2D eigenvalue weighted by molar-refractivity contribution is 8.17. The van der Waals surface area contributed by atoms with E-state index in [1.807, 2.05) is 5.25 Å². The number of halogens is 1. The Morgan fingerprint density at radius 3 is 2.42 bits per heavy atom. The Morgan fingerprint density at radius 1 is 1.33 bits per heavy atom. The summed E-state index contributed by atoms with van der Waals surface area (Å²) in [6.07, 6.45) is 1.58. The number of ether oxygens (including phenoxy) is 1. The van der Waals surface area contributed by atoms with E-state index in [0.717, 1.165) is 12.8 Å². The molecule has 0 atom stereocenters. The second-order valence-corrected chi connectivity index (χ2v) is 4.87. The number of rotatable bonds is 0. The van der Waals surface area contributed by atoms with Gasteiger partial charge in [-0.15, -0.1) is 0 Å². The van der Waals surface area contributed by atoms with E-state index >= 15 is 0 Å². The molecule has 12 heavy (non-hydrogen) atoms. The van der Waals surface area contributed by atoms with Crippen molar-refractivity contribution in [2.75, 3.05) is 13.2 Å². The Labute approximate surface area is 76.5 Å². The molecule has 0 bridgehead atoms. The second kappa shape index (κ2) is 4.13. The van der Waals surface area contributed by atoms with Crippen LogP contribution in [0.1, 0.15) is 12.8 Å². The number of hydrogen-bond donors (Lipinski definition) is 0. The SMILES string of the molecule is O=S(=O)(Cl)C#CC1CCOCC1. The van der Waals surface area contributed by atoms with Crippen LogP contribution in [-0.4, -0.2) is 21.6 Å². The molecule has 0 unspecified atom stereocenters. The highest BCUT2D eigenvalue weighted by Crippen LogP contribution is 2.13. The molecule has 1 aliphatic heterocycles. The Balaban J connectivity index is 2.53. The minimum atomic E-state index is -3.65. The fourth-order valence-electron chi connectivity index (χ4n) is 0.996. The van der Waals surface area contributed by atoms with Gasteiger partial charge in [-0.05, 0) is 12.8 Å². The van der Waals surface area contributed by atoms with Crippen LogP contribution in [0.15, 0.2) is 0 Å². The summed E-state index contributed by atoms with van der Waals surface area (Å²) in [4.78, 5) is 0. The van der Waals surface area contributed by atoms with Crippen LogP contribution in [0.4, 0.5) is 0 Å². The van der Waals surface area contributed by atoms with Gasteiger partial charge < -0.3 is 4.74 Å². The lowest BCUT2D eigenvalue weighted by atomic mass is 10.0. The molecule has 0 saturated carbocycles.